The van der Waals surface area contributed by atoms with Crippen molar-refractivity contribution in [1.29, 1.82) is 0 Å². The van der Waals surface area contributed by atoms with E-state index in [0.29, 0.717) is 17.2 Å². The number of hydrogen-bond donors (Lipinski definition) is 2. The lowest BCUT2D eigenvalue weighted by Crippen LogP contribution is -2.47. The van der Waals surface area contributed by atoms with Crippen LogP contribution in [0, 0.1) is 5.92 Å². The molecule has 7 nitrogen and oxygen atoms in total. The Morgan fingerprint density at radius 1 is 1.11 bits per heavy atom. The number of carbonyl (C=O) groups is 2. The molecule has 0 aliphatic carbocycles. The Balaban J connectivity index is 1.60. The van der Waals surface area contributed by atoms with Gasteiger partial charge in [0.25, 0.3) is 0 Å². The van der Waals surface area contributed by atoms with Crippen LogP contribution < -0.4 is 20.1 Å². The van der Waals surface area contributed by atoms with Gasteiger partial charge in [0.2, 0.25) is 12.7 Å². The minimum Gasteiger partial charge on any atom is -0.454 e. The zero-order chi connectivity index (χ0) is 19.9. The van der Waals surface area contributed by atoms with Crippen molar-refractivity contribution in [2.45, 2.75) is 32.9 Å². The largest absolute Gasteiger partial charge is 0.454 e. The molecular weight excluding hydrogens is 360 g/mol. The van der Waals surface area contributed by atoms with Gasteiger partial charge < -0.3 is 24.8 Å². The van der Waals surface area contributed by atoms with Gasteiger partial charge >= 0.3 is 6.09 Å². The number of rotatable bonds is 7. The van der Waals surface area contributed by atoms with Gasteiger partial charge in [-0.25, -0.2) is 4.79 Å². The second-order valence-electron chi connectivity index (χ2n) is 6.63. The van der Waals surface area contributed by atoms with Gasteiger partial charge in [-0.15, -0.1) is 0 Å². The molecule has 2 aromatic carbocycles. The van der Waals surface area contributed by atoms with Crippen molar-refractivity contribution >= 4 is 17.7 Å². The summed E-state index contributed by atoms with van der Waals surface area (Å²) in [5.41, 5.74) is 1.45. The molecule has 0 spiro atoms. The fourth-order valence-corrected chi connectivity index (χ4v) is 2.79. The minimum absolute atomic E-state index is 0.0710. The highest BCUT2D eigenvalue weighted by Gasteiger charge is 2.27. The van der Waals surface area contributed by atoms with E-state index in [1.165, 1.54) is 0 Å². The lowest BCUT2D eigenvalue weighted by molar-refractivity contribution is -0.119. The predicted molar refractivity (Wildman–Crippen MR) is 104 cm³/mol. The number of carbonyl (C=O) groups excluding carboxylic acids is 2. The van der Waals surface area contributed by atoms with Gasteiger partial charge in [-0.05, 0) is 23.6 Å². The zero-order valence-corrected chi connectivity index (χ0v) is 15.9. The number of ether oxygens (including phenoxy) is 3. The van der Waals surface area contributed by atoms with E-state index in [1.54, 1.807) is 18.2 Å². The van der Waals surface area contributed by atoms with Crippen LogP contribution in [0.4, 0.5) is 10.5 Å². The highest BCUT2D eigenvalue weighted by molar-refractivity contribution is 5.97. The molecular formula is C21H24N2O5. The van der Waals surface area contributed by atoms with Crippen LogP contribution in [0.1, 0.15) is 25.8 Å². The van der Waals surface area contributed by atoms with Crippen LogP contribution in [0.15, 0.2) is 48.5 Å². The van der Waals surface area contributed by atoms with Crippen molar-refractivity contribution in [3.05, 3.63) is 54.1 Å². The summed E-state index contributed by atoms with van der Waals surface area (Å²) in [6.07, 6.45) is 0.0908. The number of hydrogen-bond acceptors (Lipinski definition) is 5. The number of nitrogens with one attached hydrogen (secondary N) is 2. The van der Waals surface area contributed by atoms with Crippen molar-refractivity contribution in [2.24, 2.45) is 5.92 Å². The van der Waals surface area contributed by atoms with E-state index in [0.717, 1.165) is 12.0 Å². The maximum Gasteiger partial charge on any atom is 0.408 e. The first kappa shape index (κ1) is 19.5. The molecule has 1 aliphatic heterocycles. The van der Waals surface area contributed by atoms with E-state index < -0.39 is 12.1 Å². The highest BCUT2D eigenvalue weighted by Crippen LogP contribution is 2.34. The fourth-order valence-electron chi connectivity index (χ4n) is 2.79. The predicted octanol–water partition coefficient (Wildman–Crippen LogP) is 3.69. The number of anilines is 1. The summed E-state index contributed by atoms with van der Waals surface area (Å²) in [5, 5.41) is 5.50. The van der Waals surface area contributed by atoms with Crippen LogP contribution in [-0.2, 0) is 16.1 Å². The average Bonchev–Trinajstić information content (AvgIpc) is 3.18. The second-order valence-corrected chi connectivity index (χ2v) is 6.63. The van der Waals surface area contributed by atoms with Gasteiger partial charge in [0.1, 0.15) is 12.6 Å². The van der Waals surface area contributed by atoms with Gasteiger partial charge in [-0.1, -0.05) is 50.6 Å². The molecule has 0 saturated heterocycles. The van der Waals surface area contributed by atoms with Gasteiger partial charge in [0.15, 0.2) is 11.5 Å². The van der Waals surface area contributed by atoms with Crippen LogP contribution in [0.2, 0.25) is 0 Å². The number of alkyl carbamates (subject to hydrolysis) is 1. The summed E-state index contributed by atoms with van der Waals surface area (Å²) in [4.78, 5) is 25.0. The standard InChI is InChI=1S/C21H24N2O5/c1-3-14(2)19(23-21(25)26-12-15-7-5-4-6-8-15)20(24)22-16-9-10-17-18(11-16)28-13-27-17/h4-11,14,19H,3,12-13H2,1-2H3,(H,22,24)(H,23,25)/t14-,19+/m1/s1. The molecule has 3 rings (SSSR count). The maximum absolute atomic E-state index is 12.8. The van der Waals surface area contributed by atoms with Gasteiger partial charge in [-0.2, -0.15) is 0 Å². The van der Waals surface area contributed by atoms with Crippen molar-refractivity contribution in [3.8, 4) is 11.5 Å². The molecule has 1 heterocycles. The van der Waals surface area contributed by atoms with Crippen molar-refractivity contribution < 1.29 is 23.8 Å². The molecule has 0 bridgehead atoms. The third-order valence-corrected chi connectivity index (χ3v) is 4.62. The van der Waals surface area contributed by atoms with Crippen LogP contribution in [-0.4, -0.2) is 24.8 Å². The third-order valence-electron chi connectivity index (χ3n) is 4.62. The van der Waals surface area contributed by atoms with Crippen LogP contribution in [0.3, 0.4) is 0 Å². The van der Waals surface area contributed by atoms with Crippen LogP contribution >= 0.6 is 0 Å². The first-order chi connectivity index (χ1) is 13.6. The smallest absolute Gasteiger partial charge is 0.408 e. The van der Waals surface area contributed by atoms with Crippen molar-refractivity contribution in [2.75, 3.05) is 12.1 Å². The summed E-state index contributed by atoms with van der Waals surface area (Å²) in [7, 11) is 0. The van der Waals surface area contributed by atoms with E-state index in [1.807, 2.05) is 44.2 Å². The topological polar surface area (TPSA) is 85.9 Å². The van der Waals surface area contributed by atoms with E-state index in [2.05, 4.69) is 10.6 Å². The molecule has 2 atom stereocenters. The normalized spacial score (nSPS) is 14.1. The third kappa shape index (κ3) is 4.94. The molecule has 0 aromatic heterocycles. The molecule has 2 N–H and O–H groups in total. The number of benzene rings is 2. The van der Waals surface area contributed by atoms with Gasteiger partial charge in [0, 0.05) is 11.8 Å². The minimum atomic E-state index is -0.723. The average molecular weight is 384 g/mol. The summed E-state index contributed by atoms with van der Waals surface area (Å²) >= 11 is 0. The molecule has 0 unspecified atom stereocenters. The monoisotopic (exact) mass is 384 g/mol. The molecule has 7 heteroatoms. The molecule has 0 radical (unpaired) electrons. The molecule has 148 valence electrons. The van der Waals surface area contributed by atoms with Crippen LogP contribution in [0.5, 0.6) is 11.5 Å². The van der Waals surface area contributed by atoms with E-state index >= 15 is 0 Å². The Kier molecular flexibility index (Phi) is 6.37. The van der Waals surface area contributed by atoms with Gasteiger partial charge in [0.05, 0.1) is 0 Å². The Labute approximate surface area is 164 Å². The lowest BCUT2D eigenvalue weighted by atomic mass is 9.98. The summed E-state index contributed by atoms with van der Waals surface area (Å²) in [6.45, 7) is 4.17. The quantitative estimate of drug-likeness (QED) is 0.760. The molecule has 2 amide bonds. The molecule has 28 heavy (non-hydrogen) atoms. The first-order valence-corrected chi connectivity index (χ1v) is 9.24. The Bertz CT molecular complexity index is 825. The summed E-state index contributed by atoms with van der Waals surface area (Å²) < 4.78 is 15.8. The van der Waals surface area contributed by atoms with Crippen molar-refractivity contribution in [3.63, 3.8) is 0 Å². The highest BCUT2D eigenvalue weighted by atomic mass is 16.7. The van der Waals surface area contributed by atoms with E-state index in [4.69, 9.17) is 14.2 Å². The maximum atomic E-state index is 12.8. The number of amides is 2. The summed E-state index contributed by atoms with van der Waals surface area (Å²) in [5.74, 6) is 0.829. The lowest BCUT2D eigenvalue weighted by Gasteiger charge is -2.23. The summed E-state index contributed by atoms with van der Waals surface area (Å²) in [6, 6.07) is 13.8. The number of fused-ring (bicyclic) bond motifs is 1. The van der Waals surface area contributed by atoms with Crippen LogP contribution in [0.25, 0.3) is 0 Å². The Morgan fingerprint density at radius 2 is 1.86 bits per heavy atom. The molecule has 1 aliphatic rings. The first-order valence-electron chi connectivity index (χ1n) is 9.24. The van der Waals surface area contributed by atoms with E-state index in [-0.39, 0.29) is 25.2 Å². The van der Waals surface area contributed by atoms with Crippen molar-refractivity contribution in [1.82, 2.24) is 5.32 Å². The SMILES string of the molecule is CC[C@@H](C)[C@H](NC(=O)OCc1ccccc1)C(=O)Nc1ccc2c(c1)OCO2. The molecule has 0 saturated carbocycles. The molecule has 0 fully saturated rings. The molecule has 2 aromatic rings. The zero-order valence-electron chi connectivity index (χ0n) is 15.9. The Hall–Kier alpha value is -3.22. The van der Waals surface area contributed by atoms with Gasteiger partial charge in [-0.3, -0.25) is 4.79 Å². The fraction of sp³-hybridized carbons (Fsp3) is 0.333. The Morgan fingerprint density at radius 3 is 2.61 bits per heavy atom. The van der Waals surface area contributed by atoms with E-state index in [9.17, 15) is 9.59 Å². The second kappa shape index (κ2) is 9.12.